The predicted octanol–water partition coefficient (Wildman–Crippen LogP) is 2.20. The van der Waals surface area contributed by atoms with Crippen molar-refractivity contribution in [2.24, 2.45) is 0 Å². The van der Waals surface area contributed by atoms with Crippen LogP contribution in [0, 0.1) is 11.3 Å². The van der Waals surface area contributed by atoms with E-state index in [1.54, 1.807) is 6.07 Å². The largest absolute Gasteiger partial charge is 0.374 e. The van der Waals surface area contributed by atoms with Gasteiger partial charge in [-0.15, -0.1) is 0 Å². The van der Waals surface area contributed by atoms with Gasteiger partial charge in [0.15, 0.2) is 0 Å². The molecule has 0 unspecified atom stereocenters. The number of hydrogen-bond donors (Lipinski definition) is 1. The molecule has 1 N–H and O–H groups in total. The molecule has 1 aromatic heterocycles. The van der Waals surface area contributed by atoms with E-state index in [-0.39, 0.29) is 11.6 Å². The molecule has 0 radical (unpaired) electrons. The van der Waals surface area contributed by atoms with Gasteiger partial charge in [-0.2, -0.15) is 5.26 Å². The molecule has 1 aliphatic heterocycles. The van der Waals surface area contributed by atoms with Crippen LogP contribution in [0.3, 0.4) is 0 Å². The second-order valence-electron chi connectivity index (χ2n) is 5.01. The van der Waals surface area contributed by atoms with Crippen LogP contribution in [0.15, 0.2) is 36.5 Å². The average molecular weight is 278 g/mol. The Morgan fingerprint density at radius 3 is 3.05 bits per heavy atom. The molecule has 2 aromatic rings. The quantitative estimate of drug-likeness (QED) is 0.914. The molecule has 0 fully saturated rings. The molecular formula is C16H14N4O. The number of aromatic nitrogens is 1. The molecule has 2 heterocycles. The fourth-order valence-corrected chi connectivity index (χ4v) is 2.48. The van der Waals surface area contributed by atoms with Crippen molar-refractivity contribution in [1.29, 1.82) is 5.26 Å². The van der Waals surface area contributed by atoms with Gasteiger partial charge in [0.1, 0.15) is 11.8 Å². The highest BCUT2D eigenvalue weighted by Crippen LogP contribution is 2.29. The molecule has 5 nitrogen and oxygen atoms in total. The summed E-state index contributed by atoms with van der Waals surface area (Å²) >= 11 is 0. The normalized spacial score (nSPS) is 12.7. The monoisotopic (exact) mass is 278 g/mol. The van der Waals surface area contributed by atoms with E-state index in [4.69, 9.17) is 5.26 Å². The van der Waals surface area contributed by atoms with Crippen molar-refractivity contribution in [2.75, 3.05) is 23.8 Å². The molecule has 0 spiro atoms. The number of likely N-dealkylation sites (N-methyl/N-ethyl adjacent to an activating group) is 1. The van der Waals surface area contributed by atoms with Crippen molar-refractivity contribution >= 4 is 17.3 Å². The molecular weight excluding hydrogens is 264 g/mol. The highest BCUT2D eigenvalue weighted by Gasteiger charge is 2.16. The average Bonchev–Trinajstić information content (AvgIpc) is 2.88. The minimum absolute atomic E-state index is 0.234. The lowest BCUT2D eigenvalue weighted by molar-refractivity contribution is 0.102. The van der Waals surface area contributed by atoms with Crippen molar-refractivity contribution in [3.8, 4) is 6.07 Å². The number of nitrogens with zero attached hydrogens (tertiary/aromatic N) is 3. The van der Waals surface area contributed by atoms with Crippen LogP contribution in [-0.2, 0) is 6.42 Å². The molecule has 1 amide bonds. The number of nitrogens with one attached hydrogen (secondary N) is 1. The van der Waals surface area contributed by atoms with Gasteiger partial charge in [0.2, 0.25) is 0 Å². The molecule has 0 bridgehead atoms. The third-order valence-electron chi connectivity index (χ3n) is 3.60. The molecule has 0 saturated heterocycles. The van der Waals surface area contributed by atoms with E-state index < -0.39 is 0 Å². The van der Waals surface area contributed by atoms with Gasteiger partial charge in [-0.3, -0.25) is 4.79 Å². The van der Waals surface area contributed by atoms with E-state index in [0.717, 1.165) is 18.7 Å². The van der Waals surface area contributed by atoms with Crippen molar-refractivity contribution in [3.05, 3.63) is 53.3 Å². The Hall–Kier alpha value is -2.87. The number of carbonyl (C=O) groups excluding carboxylic acids is 1. The Balaban J connectivity index is 1.80. The zero-order valence-electron chi connectivity index (χ0n) is 11.6. The summed E-state index contributed by atoms with van der Waals surface area (Å²) in [5.41, 5.74) is 3.88. The number of amides is 1. The molecule has 0 saturated carbocycles. The molecule has 1 aromatic carbocycles. The molecule has 104 valence electrons. The van der Waals surface area contributed by atoms with Crippen molar-refractivity contribution in [1.82, 2.24) is 4.98 Å². The highest BCUT2D eigenvalue weighted by atomic mass is 16.1. The maximum absolute atomic E-state index is 12.2. The van der Waals surface area contributed by atoms with Gasteiger partial charge < -0.3 is 10.2 Å². The van der Waals surface area contributed by atoms with Crippen molar-refractivity contribution in [3.63, 3.8) is 0 Å². The summed E-state index contributed by atoms with van der Waals surface area (Å²) in [6.45, 7) is 1.00. The number of hydrogen-bond acceptors (Lipinski definition) is 4. The van der Waals surface area contributed by atoms with Crippen LogP contribution >= 0.6 is 0 Å². The van der Waals surface area contributed by atoms with Crippen LogP contribution in [0.5, 0.6) is 0 Å². The lowest BCUT2D eigenvalue weighted by atomic mass is 10.1. The summed E-state index contributed by atoms with van der Waals surface area (Å²) in [5.74, 6) is -0.236. The lowest BCUT2D eigenvalue weighted by Crippen LogP contribution is -2.13. The minimum atomic E-state index is -0.236. The smallest absolute Gasteiger partial charge is 0.255 e. The zero-order chi connectivity index (χ0) is 14.8. The number of pyridine rings is 1. The maximum atomic E-state index is 12.2. The van der Waals surface area contributed by atoms with Crippen LogP contribution < -0.4 is 10.2 Å². The number of rotatable bonds is 2. The first-order chi connectivity index (χ1) is 10.2. The summed E-state index contributed by atoms with van der Waals surface area (Å²) in [6.07, 6.45) is 2.45. The fraction of sp³-hybridized carbons (Fsp3) is 0.188. The van der Waals surface area contributed by atoms with E-state index in [1.807, 2.05) is 24.3 Å². The third-order valence-corrected chi connectivity index (χ3v) is 3.60. The molecule has 5 heteroatoms. The molecule has 0 atom stereocenters. The van der Waals surface area contributed by atoms with Crippen LogP contribution in [0.1, 0.15) is 21.6 Å². The number of benzene rings is 1. The minimum Gasteiger partial charge on any atom is -0.374 e. The SMILES string of the molecule is CN1CCc2cc(NC(=O)c3ccnc(C#N)c3)ccc21. The van der Waals surface area contributed by atoms with Gasteiger partial charge in [-0.25, -0.2) is 4.98 Å². The first-order valence-corrected chi connectivity index (χ1v) is 6.69. The standard InChI is InChI=1S/C16H14N4O/c1-20-7-5-11-8-13(2-3-15(11)20)19-16(21)12-4-6-18-14(9-12)10-17/h2-4,6,8-9H,5,7H2,1H3,(H,19,21). The van der Waals surface area contributed by atoms with Crippen LogP contribution in [-0.4, -0.2) is 24.5 Å². The first-order valence-electron chi connectivity index (χ1n) is 6.69. The Labute approximate surface area is 122 Å². The van der Waals surface area contributed by atoms with Gasteiger partial charge >= 0.3 is 0 Å². The summed E-state index contributed by atoms with van der Waals surface area (Å²) < 4.78 is 0. The van der Waals surface area contributed by atoms with Crippen LogP contribution in [0.2, 0.25) is 0 Å². The molecule has 0 aliphatic carbocycles. The molecule has 3 rings (SSSR count). The lowest BCUT2D eigenvalue weighted by Gasteiger charge is -2.12. The molecule has 1 aliphatic rings. The fourth-order valence-electron chi connectivity index (χ4n) is 2.48. The first kappa shape index (κ1) is 13.1. The Morgan fingerprint density at radius 2 is 2.24 bits per heavy atom. The van der Waals surface area contributed by atoms with Gasteiger partial charge in [0.05, 0.1) is 0 Å². The van der Waals surface area contributed by atoms with Crippen molar-refractivity contribution in [2.45, 2.75) is 6.42 Å². The zero-order valence-corrected chi connectivity index (χ0v) is 11.6. The van der Waals surface area contributed by atoms with E-state index in [9.17, 15) is 4.79 Å². The van der Waals surface area contributed by atoms with E-state index in [1.165, 1.54) is 23.5 Å². The Bertz CT molecular complexity index is 748. The third kappa shape index (κ3) is 2.56. The number of carbonyl (C=O) groups is 1. The van der Waals surface area contributed by atoms with Gasteiger partial charge in [0, 0.05) is 36.7 Å². The van der Waals surface area contributed by atoms with Crippen LogP contribution in [0.25, 0.3) is 0 Å². The topological polar surface area (TPSA) is 69.0 Å². The second kappa shape index (κ2) is 5.25. The van der Waals surface area contributed by atoms with Gasteiger partial charge in [0.25, 0.3) is 5.91 Å². The second-order valence-corrected chi connectivity index (χ2v) is 5.01. The van der Waals surface area contributed by atoms with E-state index in [0.29, 0.717) is 5.56 Å². The summed E-state index contributed by atoms with van der Waals surface area (Å²) in [5, 5.41) is 11.7. The number of anilines is 2. The van der Waals surface area contributed by atoms with Crippen LogP contribution in [0.4, 0.5) is 11.4 Å². The van der Waals surface area contributed by atoms with E-state index >= 15 is 0 Å². The van der Waals surface area contributed by atoms with Gasteiger partial charge in [-0.05, 0) is 42.3 Å². The Morgan fingerprint density at radius 1 is 1.38 bits per heavy atom. The Kier molecular flexibility index (Phi) is 3.28. The molecule has 21 heavy (non-hydrogen) atoms. The predicted molar refractivity (Wildman–Crippen MR) is 80.3 cm³/mol. The van der Waals surface area contributed by atoms with Crippen molar-refractivity contribution < 1.29 is 4.79 Å². The highest BCUT2D eigenvalue weighted by molar-refractivity contribution is 6.04. The maximum Gasteiger partial charge on any atom is 0.255 e. The van der Waals surface area contributed by atoms with Gasteiger partial charge in [-0.1, -0.05) is 0 Å². The summed E-state index contributed by atoms with van der Waals surface area (Å²) in [7, 11) is 2.06. The number of fused-ring (bicyclic) bond motifs is 1. The number of nitriles is 1. The summed E-state index contributed by atoms with van der Waals surface area (Å²) in [6, 6.07) is 10.9. The summed E-state index contributed by atoms with van der Waals surface area (Å²) in [4.78, 5) is 18.2. The van der Waals surface area contributed by atoms with E-state index in [2.05, 4.69) is 22.2 Å².